The number of carbonyl (C=O) groups is 1. The van der Waals surface area contributed by atoms with Crippen LogP contribution in [0.2, 0.25) is 0 Å². The second-order valence-electron chi connectivity index (χ2n) is 4.60. The summed E-state index contributed by atoms with van der Waals surface area (Å²) in [5.41, 5.74) is 2.38. The topological polar surface area (TPSA) is 47.8 Å². The zero-order valence-corrected chi connectivity index (χ0v) is 11.3. The highest BCUT2D eigenvalue weighted by Gasteiger charge is 2.19. The van der Waals surface area contributed by atoms with Crippen LogP contribution in [0, 0.1) is 5.82 Å². The number of carbonyl (C=O) groups excluding carboxylic acids is 1. The summed E-state index contributed by atoms with van der Waals surface area (Å²) in [5, 5.41) is 8.00. The molecule has 0 fully saturated rings. The minimum absolute atomic E-state index is 0.165. The van der Waals surface area contributed by atoms with Crippen molar-refractivity contribution < 1.29 is 9.18 Å². The third kappa shape index (κ3) is 2.45. The molecule has 2 aromatic carbocycles. The molecule has 0 N–H and O–H groups in total. The van der Waals surface area contributed by atoms with E-state index in [1.54, 1.807) is 16.8 Å². The maximum absolute atomic E-state index is 13.1. The Morgan fingerprint density at radius 2 is 1.71 bits per heavy atom. The first-order chi connectivity index (χ1) is 10.2. The summed E-state index contributed by atoms with van der Waals surface area (Å²) in [6.07, 6.45) is 0. The zero-order chi connectivity index (χ0) is 14.8. The molecule has 5 heteroatoms. The predicted molar refractivity (Wildman–Crippen MR) is 76.8 cm³/mol. The fraction of sp³-hybridized carbons (Fsp3) is 0.0625. The van der Waals surface area contributed by atoms with Crippen molar-refractivity contribution in [3.63, 3.8) is 0 Å². The summed E-state index contributed by atoms with van der Waals surface area (Å²) in [6.45, 7) is 1.45. The van der Waals surface area contributed by atoms with Crippen LogP contribution < -0.4 is 0 Å². The summed E-state index contributed by atoms with van der Waals surface area (Å²) in [7, 11) is 0. The summed E-state index contributed by atoms with van der Waals surface area (Å²) in [5.74, 6) is -0.492. The van der Waals surface area contributed by atoms with E-state index >= 15 is 0 Å². The van der Waals surface area contributed by atoms with E-state index in [2.05, 4.69) is 10.3 Å². The van der Waals surface area contributed by atoms with Crippen molar-refractivity contribution in [3.05, 3.63) is 66.1 Å². The van der Waals surface area contributed by atoms with E-state index in [9.17, 15) is 9.18 Å². The molecule has 4 nitrogen and oxygen atoms in total. The number of hydrogen-bond acceptors (Lipinski definition) is 3. The standard InChI is InChI=1S/C16H12FN3O/c1-11(21)15-16(12-5-3-2-4-6-12)20(19-18-15)14-9-7-13(17)8-10-14/h2-10H,1H3. The van der Waals surface area contributed by atoms with Gasteiger partial charge in [-0.05, 0) is 24.3 Å². The van der Waals surface area contributed by atoms with Gasteiger partial charge in [0.15, 0.2) is 11.5 Å². The molecule has 0 amide bonds. The van der Waals surface area contributed by atoms with Crippen molar-refractivity contribution in [2.24, 2.45) is 0 Å². The molecule has 3 aromatic rings. The highest BCUT2D eigenvalue weighted by molar-refractivity contribution is 5.98. The Kier molecular flexibility index (Phi) is 3.31. The van der Waals surface area contributed by atoms with Crippen LogP contribution in [0.15, 0.2) is 54.6 Å². The molecule has 0 saturated carbocycles. The van der Waals surface area contributed by atoms with Crippen molar-refractivity contribution in [1.29, 1.82) is 0 Å². The first kappa shape index (κ1) is 13.2. The number of Topliss-reactive ketones (excluding diaryl/α,β-unsaturated/α-hetero) is 1. The lowest BCUT2D eigenvalue weighted by atomic mass is 10.1. The Bertz CT molecular complexity index is 779. The van der Waals surface area contributed by atoms with Crippen LogP contribution in [-0.2, 0) is 0 Å². The molecule has 21 heavy (non-hydrogen) atoms. The van der Waals surface area contributed by atoms with Gasteiger partial charge in [0.2, 0.25) is 0 Å². The van der Waals surface area contributed by atoms with E-state index in [-0.39, 0.29) is 11.6 Å². The second kappa shape index (κ2) is 5.28. The lowest BCUT2D eigenvalue weighted by molar-refractivity contribution is 0.101. The smallest absolute Gasteiger partial charge is 0.182 e. The van der Waals surface area contributed by atoms with Crippen molar-refractivity contribution in [2.45, 2.75) is 6.92 Å². The Morgan fingerprint density at radius 3 is 2.33 bits per heavy atom. The second-order valence-corrected chi connectivity index (χ2v) is 4.60. The minimum atomic E-state index is -0.327. The molecular formula is C16H12FN3O. The Labute approximate surface area is 120 Å². The largest absolute Gasteiger partial charge is 0.293 e. The van der Waals surface area contributed by atoms with Crippen molar-refractivity contribution in [2.75, 3.05) is 0 Å². The van der Waals surface area contributed by atoms with Crippen LogP contribution in [0.4, 0.5) is 4.39 Å². The molecule has 0 aliphatic heterocycles. The first-order valence-electron chi connectivity index (χ1n) is 6.45. The van der Waals surface area contributed by atoms with Crippen LogP contribution in [0.3, 0.4) is 0 Å². The van der Waals surface area contributed by atoms with Crippen LogP contribution >= 0.6 is 0 Å². The SMILES string of the molecule is CC(=O)c1nnn(-c2ccc(F)cc2)c1-c1ccccc1. The average molecular weight is 281 g/mol. The molecule has 0 saturated heterocycles. The number of halogens is 1. The molecule has 1 heterocycles. The van der Waals surface area contributed by atoms with E-state index in [1.165, 1.54) is 19.1 Å². The van der Waals surface area contributed by atoms with E-state index in [1.807, 2.05) is 30.3 Å². The van der Waals surface area contributed by atoms with Crippen molar-refractivity contribution >= 4 is 5.78 Å². The maximum atomic E-state index is 13.1. The van der Waals surface area contributed by atoms with Gasteiger partial charge in [0.1, 0.15) is 11.5 Å². The number of rotatable bonds is 3. The van der Waals surface area contributed by atoms with Gasteiger partial charge in [0.25, 0.3) is 0 Å². The highest BCUT2D eigenvalue weighted by atomic mass is 19.1. The maximum Gasteiger partial charge on any atom is 0.182 e. The molecule has 0 bridgehead atoms. The van der Waals surface area contributed by atoms with Crippen LogP contribution in [0.1, 0.15) is 17.4 Å². The first-order valence-corrected chi connectivity index (χ1v) is 6.45. The molecule has 0 aliphatic carbocycles. The van der Waals surface area contributed by atoms with Crippen LogP contribution in [0.5, 0.6) is 0 Å². The predicted octanol–water partition coefficient (Wildman–Crippen LogP) is 3.28. The fourth-order valence-electron chi connectivity index (χ4n) is 2.14. The summed E-state index contributed by atoms with van der Waals surface area (Å²) >= 11 is 0. The molecule has 0 spiro atoms. The van der Waals surface area contributed by atoms with E-state index in [0.717, 1.165) is 5.56 Å². The Hall–Kier alpha value is -2.82. The van der Waals surface area contributed by atoms with Gasteiger partial charge in [-0.3, -0.25) is 4.79 Å². The number of benzene rings is 2. The van der Waals surface area contributed by atoms with E-state index in [0.29, 0.717) is 17.1 Å². The van der Waals surface area contributed by atoms with Crippen molar-refractivity contribution in [1.82, 2.24) is 15.0 Å². The number of hydrogen-bond donors (Lipinski definition) is 0. The summed E-state index contributed by atoms with van der Waals surface area (Å²) < 4.78 is 14.6. The lowest BCUT2D eigenvalue weighted by Gasteiger charge is -2.07. The Balaban J connectivity index is 2.22. The van der Waals surface area contributed by atoms with E-state index < -0.39 is 0 Å². The molecule has 3 rings (SSSR count). The molecule has 0 unspecified atom stereocenters. The third-order valence-corrected chi connectivity index (χ3v) is 3.12. The normalized spacial score (nSPS) is 10.6. The van der Waals surface area contributed by atoms with Gasteiger partial charge < -0.3 is 0 Å². The van der Waals surface area contributed by atoms with Gasteiger partial charge in [0.05, 0.1) is 5.69 Å². The highest BCUT2D eigenvalue weighted by Crippen LogP contribution is 2.25. The van der Waals surface area contributed by atoms with Crippen LogP contribution in [-0.4, -0.2) is 20.8 Å². The number of nitrogens with zero attached hydrogens (tertiary/aromatic N) is 3. The van der Waals surface area contributed by atoms with Gasteiger partial charge >= 0.3 is 0 Å². The van der Waals surface area contributed by atoms with Crippen molar-refractivity contribution in [3.8, 4) is 16.9 Å². The number of aromatic nitrogens is 3. The van der Waals surface area contributed by atoms with Gasteiger partial charge in [-0.25, -0.2) is 9.07 Å². The molecule has 104 valence electrons. The fourth-order valence-corrected chi connectivity index (χ4v) is 2.14. The third-order valence-electron chi connectivity index (χ3n) is 3.12. The average Bonchev–Trinajstić information content (AvgIpc) is 2.94. The lowest BCUT2D eigenvalue weighted by Crippen LogP contribution is -2.01. The van der Waals surface area contributed by atoms with Gasteiger partial charge in [-0.1, -0.05) is 35.5 Å². The van der Waals surface area contributed by atoms with Gasteiger partial charge in [0, 0.05) is 12.5 Å². The summed E-state index contributed by atoms with van der Waals surface area (Å²) in [4.78, 5) is 11.8. The Morgan fingerprint density at radius 1 is 1.05 bits per heavy atom. The molecule has 0 radical (unpaired) electrons. The monoisotopic (exact) mass is 281 g/mol. The molecule has 0 atom stereocenters. The number of ketones is 1. The van der Waals surface area contributed by atoms with Gasteiger partial charge in [-0.2, -0.15) is 0 Å². The molecular weight excluding hydrogens is 269 g/mol. The molecule has 0 aliphatic rings. The summed E-state index contributed by atoms with van der Waals surface area (Å²) in [6, 6.07) is 15.3. The minimum Gasteiger partial charge on any atom is -0.293 e. The molecule has 1 aromatic heterocycles. The van der Waals surface area contributed by atoms with E-state index in [4.69, 9.17) is 0 Å². The quantitative estimate of drug-likeness (QED) is 0.692. The van der Waals surface area contributed by atoms with Crippen LogP contribution in [0.25, 0.3) is 16.9 Å². The zero-order valence-electron chi connectivity index (χ0n) is 11.3. The van der Waals surface area contributed by atoms with Gasteiger partial charge in [-0.15, -0.1) is 5.10 Å².